The molecule has 0 aromatic heterocycles. The zero-order chi connectivity index (χ0) is 14.9. The van der Waals surface area contributed by atoms with E-state index in [0.717, 1.165) is 21.9 Å². The van der Waals surface area contributed by atoms with Crippen LogP contribution in [0.5, 0.6) is 5.75 Å². The molecule has 0 saturated heterocycles. The van der Waals surface area contributed by atoms with Gasteiger partial charge in [-0.2, -0.15) is 0 Å². The molecule has 4 heteroatoms. The molecule has 0 heterocycles. The van der Waals surface area contributed by atoms with E-state index in [-0.39, 0.29) is 0 Å². The van der Waals surface area contributed by atoms with Crippen molar-refractivity contribution in [2.24, 2.45) is 0 Å². The predicted molar refractivity (Wildman–Crippen MR) is 85.8 cm³/mol. The van der Waals surface area contributed by atoms with Gasteiger partial charge in [-0.1, -0.05) is 54.6 Å². The summed E-state index contributed by atoms with van der Waals surface area (Å²) in [6, 6.07) is 21.4. The maximum absolute atomic E-state index is 11.5. The van der Waals surface area contributed by atoms with Gasteiger partial charge in [0.25, 0.3) is 0 Å². The fourth-order valence-corrected chi connectivity index (χ4v) is 2.85. The number of fused-ring (bicyclic) bond motifs is 1. The number of hydrogen-bond donors (Lipinski definition) is 1. The van der Waals surface area contributed by atoms with Crippen molar-refractivity contribution in [2.75, 3.05) is 6.66 Å². The minimum absolute atomic E-state index is 0.418. The van der Waals surface area contributed by atoms with Gasteiger partial charge >= 0.3 is 7.60 Å². The van der Waals surface area contributed by atoms with E-state index >= 15 is 0 Å². The molecule has 0 bridgehead atoms. The van der Waals surface area contributed by atoms with E-state index in [0.29, 0.717) is 5.75 Å². The maximum Gasteiger partial charge on any atom is 0.373 e. The SMILES string of the molecule is CP(=O)(O)Oc1ccccc1-c1ccc2ccccc2c1. The van der Waals surface area contributed by atoms with Gasteiger partial charge in [-0.3, -0.25) is 0 Å². The molecule has 1 atom stereocenters. The van der Waals surface area contributed by atoms with Gasteiger partial charge in [-0.05, 0) is 28.5 Å². The highest BCUT2D eigenvalue weighted by molar-refractivity contribution is 7.52. The average Bonchev–Trinajstić information content (AvgIpc) is 2.46. The number of rotatable bonds is 3. The third-order valence-electron chi connectivity index (χ3n) is 3.22. The summed E-state index contributed by atoms with van der Waals surface area (Å²) < 4.78 is 16.7. The van der Waals surface area contributed by atoms with E-state index in [2.05, 4.69) is 12.1 Å². The second kappa shape index (κ2) is 5.36. The third-order valence-corrected chi connectivity index (χ3v) is 3.75. The summed E-state index contributed by atoms with van der Waals surface area (Å²) in [7, 11) is -3.58. The van der Waals surface area contributed by atoms with Crippen LogP contribution < -0.4 is 4.52 Å². The van der Waals surface area contributed by atoms with Crippen LogP contribution in [0.4, 0.5) is 0 Å². The molecule has 3 rings (SSSR count). The highest BCUT2D eigenvalue weighted by Gasteiger charge is 2.15. The summed E-state index contributed by atoms with van der Waals surface area (Å²) in [5.74, 6) is 0.418. The van der Waals surface area contributed by atoms with Gasteiger partial charge in [0.05, 0.1) is 0 Å². The molecule has 0 saturated carbocycles. The predicted octanol–water partition coefficient (Wildman–Crippen LogP) is 4.70. The normalized spacial score (nSPS) is 13.8. The van der Waals surface area contributed by atoms with Crippen LogP contribution in [0.25, 0.3) is 21.9 Å². The molecule has 0 aliphatic carbocycles. The van der Waals surface area contributed by atoms with E-state index in [1.807, 2.05) is 42.5 Å². The Labute approximate surface area is 123 Å². The molecule has 0 amide bonds. The van der Waals surface area contributed by atoms with Crippen molar-refractivity contribution >= 4 is 18.4 Å². The van der Waals surface area contributed by atoms with E-state index in [1.54, 1.807) is 12.1 Å². The van der Waals surface area contributed by atoms with Crippen LogP contribution in [0.15, 0.2) is 66.7 Å². The minimum atomic E-state index is -3.58. The largest absolute Gasteiger partial charge is 0.424 e. The van der Waals surface area contributed by atoms with Crippen LogP contribution in [0.1, 0.15) is 0 Å². The zero-order valence-corrected chi connectivity index (χ0v) is 12.5. The second-order valence-electron chi connectivity index (χ2n) is 4.95. The molecule has 21 heavy (non-hydrogen) atoms. The Morgan fingerprint density at radius 3 is 2.33 bits per heavy atom. The minimum Gasteiger partial charge on any atom is -0.424 e. The monoisotopic (exact) mass is 298 g/mol. The quantitative estimate of drug-likeness (QED) is 0.713. The maximum atomic E-state index is 11.5. The van der Waals surface area contributed by atoms with E-state index < -0.39 is 7.60 Å². The topological polar surface area (TPSA) is 46.5 Å². The van der Waals surface area contributed by atoms with Crippen LogP contribution >= 0.6 is 7.60 Å². The Kier molecular flexibility index (Phi) is 3.54. The van der Waals surface area contributed by atoms with Gasteiger partial charge in [0.15, 0.2) is 0 Å². The molecule has 1 unspecified atom stereocenters. The van der Waals surface area contributed by atoms with E-state index in [1.165, 1.54) is 6.66 Å². The third kappa shape index (κ3) is 3.15. The average molecular weight is 298 g/mol. The molecule has 0 aliphatic rings. The van der Waals surface area contributed by atoms with Gasteiger partial charge < -0.3 is 9.42 Å². The standard InChI is InChI=1S/C17H15O3P/c1-21(18,19)20-17-9-5-4-8-16(17)15-11-10-13-6-2-3-7-14(13)12-15/h2-12H,1H3,(H,18,19). The van der Waals surface area contributed by atoms with Gasteiger partial charge in [0, 0.05) is 12.2 Å². The highest BCUT2D eigenvalue weighted by Crippen LogP contribution is 2.42. The number of para-hydroxylation sites is 1. The molecule has 0 fully saturated rings. The first-order chi connectivity index (χ1) is 10.0. The lowest BCUT2D eigenvalue weighted by Gasteiger charge is -2.13. The number of benzene rings is 3. The molecule has 3 nitrogen and oxygen atoms in total. The Bertz CT molecular complexity index is 836. The number of hydrogen-bond acceptors (Lipinski definition) is 2. The molecule has 0 radical (unpaired) electrons. The zero-order valence-electron chi connectivity index (χ0n) is 11.6. The van der Waals surface area contributed by atoms with Gasteiger partial charge in [0.2, 0.25) is 0 Å². The van der Waals surface area contributed by atoms with Crippen LogP contribution in [0.2, 0.25) is 0 Å². The van der Waals surface area contributed by atoms with Crippen LogP contribution in [0.3, 0.4) is 0 Å². The van der Waals surface area contributed by atoms with Crippen molar-refractivity contribution in [1.29, 1.82) is 0 Å². The Morgan fingerprint density at radius 2 is 1.57 bits per heavy atom. The second-order valence-corrected chi connectivity index (χ2v) is 6.74. The molecule has 1 N–H and O–H groups in total. The first-order valence-corrected chi connectivity index (χ1v) is 8.63. The molecular weight excluding hydrogens is 283 g/mol. The lowest BCUT2D eigenvalue weighted by atomic mass is 10.0. The lowest BCUT2D eigenvalue weighted by Crippen LogP contribution is -1.92. The van der Waals surface area contributed by atoms with Gasteiger partial charge in [-0.25, -0.2) is 4.57 Å². The summed E-state index contributed by atoms with van der Waals surface area (Å²) in [5, 5.41) is 2.27. The summed E-state index contributed by atoms with van der Waals surface area (Å²) >= 11 is 0. The first kappa shape index (κ1) is 13.9. The molecule has 3 aromatic rings. The lowest BCUT2D eigenvalue weighted by molar-refractivity contribution is 0.388. The van der Waals surface area contributed by atoms with Crippen molar-refractivity contribution in [1.82, 2.24) is 0 Å². The molecule has 0 spiro atoms. The van der Waals surface area contributed by atoms with Crippen LogP contribution in [-0.4, -0.2) is 11.6 Å². The van der Waals surface area contributed by atoms with E-state index in [4.69, 9.17) is 4.52 Å². The van der Waals surface area contributed by atoms with Gasteiger partial charge in [-0.15, -0.1) is 0 Å². The Morgan fingerprint density at radius 1 is 0.905 bits per heavy atom. The van der Waals surface area contributed by atoms with Gasteiger partial charge in [0.1, 0.15) is 5.75 Å². The Balaban J connectivity index is 2.12. The van der Waals surface area contributed by atoms with Crippen molar-refractivity contribution < 1.29 is 14.0 Å². The first-order valence-electron chi connectivity index (χ1n) is 6.61. The van der Waals surface area contributed by atoms with Crippen LogP contribution in [-0.2, 0) is 4.57 Å². The summed E-state index contributed by atoms with van der Waals surface area (Å²) in [5.41, 5.74) is 1.76. The van der Waals surface area contributed by atoms with Crippen LogP contribution in [0, 0.1) is 0 Å². The molecule has 106 valence electrons. The summed E-state index contributed by atoms with van der Waals surface area (Å²) in [4.78, 5) is 9.45. The van der Waals surface area contributed by atoms with Crippen molar-refractivity contribution in [3.8, 4) is 16.9 Å². The molecule has 0 aliphatic heterocycles. The smallest absolute Gasteiger partial charge is 0.373 e. The Hall–Kier alpha value is -2.09. The fourth-order valence-electron chi connectivity index (χ4n) is 2.32. The van der Waals surface area contributed by atoms with Crippen molar-refractivity contribution in [3.63, 3.8) is 0 Å². The van der Waals surface area contributed by atoms with Crippen molar-refractivity contribution in [3.05, 3.63) is 66.7 Å². The fraction of sp³-hybridized carbons (Fsp3) is 0.0588. The van der Waals surface area contributed by atoms with Crippen molar-refractivity contribution in [2.45, 2.75) is 0 Å². The summed E-state index contributed by atoms with van der Waals surface area (Å²) in [6.45, 7) is 1.18. The molecular formula is C17H15O3P. The molecule has 3 aromatic carbocycles. The highest BCUT2D eigenvalue weighted by atomic mass is 31.2. The van der Waals surface area contributed by atoms with E-state index in [9.17, 15) is 9.46 Å². The summed E-state index contributed by atoms with van der Waals surface area (Å²) in [6.07, 6.45) is 0.